The Hall–Kier alpha value is -2.07. The quantitative estimate of drug-likeness (QED) is 0.905. The minimum atomic E-state index is -3.84. The van der Waals surface area contributed by atoms with Crippen molar-refractivity contribution in [3.8, 4) is 6.07 Å². The number of hydrogen-bond donors (Lipinski definition) is 2. The van der Waals surface area contributed by atoms with E-state index in [0.717, 1.165) is 0 Å². The van der Waals surface area contributed by atoms with E-state index in [9.17, 15) is 8.42 Å². The van der Waals surface area contributed by atoms with Crippen LogP contribution < -0.4 is 4.72 Å². The molecule has 0 aliphatic rings. The average Bonchev–Trinajstić information content (AvgIpc) is 2.47. The maximum atomic E-state index is 12.2. The van der Waals surface area contributed by atoms with Crippen LogP contribution in [0.25, 0.3) is 0 Å². The first-order chi connectivity index (χ1) is 9.96. The van der Waals surface area contributed by atoms with Crippen LogP contribution in [0, 0.1) is 11.3 Å². The molecule has 0 saturated heterocycles. The molecule has 0 aliphatic heterocycles. The second kappa shape index (κ2) is 6.14. The monoisotopic (exact) mass is 322 g/mol. The third-order valence-electron chi connectivity index (χ3n) is 2.74. The molecule has 0 unspecified atom stereocenters. The molecule has 2 aromatic carbocycles. The van der Waals surface area contributed by atoms with E-state index in [0.29, 0.717) is 11.3 Å². The number of nitrogens with one attached hydrogen (secondary N) is 1. The molecule has 0 heterocycles. The number of benzene rings is 2. The van der Waals surface area contributed by atoms with Crippen molar-refractivity contribution in [2.75, 3.05) is 4.72 Å². The topological polar surface area (TPSA) is 90.2 Å². The van der Waals surface area contributed by atoms with Crippen molar-refractivity contribution in [1.82, 2.24) is 0 Å². The van der Waals surface area contributed by atoms with E-state index in [2.05, 4.69) is 4.72 Å². The molecule has 0 bridgehead atoms. The Morgan fingerprint density at radius 2 is 1.86 bits per heavy atom. The van der Waals surface area contributed by atoms with E-state index in [1.807, 2.05) is 6.07 Å². The van der Waals surface area contributed by atoms with Gasteiger partial charge in [-0.05, 0) is 35.9 Å². The Kier molecular flexibility index (Phi) is 4.48. The molecule has 0 fully saturated rings. The minimum absolute atomic E-state index is 0.0199. The maximum absolute atomic E-state index is 12.2. The van der Waals surface area contributed by atoms with E-state index in [1.165, 1.54) is 18.2 Å². The van der Waals surface area contributed by atoms with E-state index < -0.39 is 10.0 Å². The number of anilines is 1. The van der Waals surface area contributed by atoms with Gasteiger partial charge in [0.1, 0.15) is 4.90 Å². The molecular weight excluding hydrogens is 312 g/mol. The number of rotatable bonds is 4. The zero-order valence-corrected chi connectivity index (χ0v) is 12.3. The SMILES string of the molecule is N#Cc1ccc(S(=O)(=O)Nc2ccc(CO)cc2)c(Cl)c1. The lowest BCUT2D eigenvalue weighted by atomic mass is 10.2. The van der Waals surface area contributed by atoms with Gasteiger partial charge in [0.2, 0.25) is 0 Å². The first kappa shape index (κ1) is 15.3. The summed E-state index contributed by atoms with van der Waals surface area (Å²) in [5.74, 6) is 0. The average molecular weight is 323 g/mol. The minimum Gasteiger partial charge on any atom is -0.392 e. The normalized spacial score (nSPS) is 10.9. The van der Waals surface area contributed by atoms with Crippen LogP contribution in [0.5, 0.6) is 0 Å². The maximum Gasteiger partial charge on any atom is 0.263 e. The second-order valence-corrected chi connectivity index (χ2v) is 6.28. The summed E-state index contributed by atoms with van der Waals surface area (Å²) in [4.78, 5) is -0.102. The van der Waals surface area contributed by atoms with Gasteiger partial charge < -0.3 is 5.11 Å². The van der Waals surface area contributed by atoms with E-state index >= 15 is 0 Å². The van der Waals surface area contributed by atoms with Crippen molar-refractivity contribution in [2.24, 2.45) is 0 Å². The molecule has 2 N–H and O–H groups in total. The van der Waals surface area contributed by atoms with Crippen LogP contribution in [0.1, 0.15) is 11.1 Å². The second-order valence-electron chi connectivity index (χ2n) is 4.22. The van der Waals surface area contributed by atoms with E-state index in [4.69, 9.17) is 22.0 Å². The molecule has 0 atom stereocenters. The van der Waals surface area contributed by atoms with Crippen LogP contribution in [-0.4, -0.2) is 13.5 Å². The summed E-state index contributed by atoms with van der Waals surface area (Å²) in [6.45, 7) is -0.117. The van der Waals surface area contributed by atoms with Gasteiger partial charge >= 0.3 is 0 Å². The summed E-state index contributed by atoms with van der Waals surface area (Å²) in [7, 11) is -3.84. The first-order valence-corrected chi connectivity index (χ1v) is 7.74. The van der Waals surface area contributed by atoms with Crippen LogP contribution in [0.4, 0.5) is 5.69 Å². The highest BCUT2D eigenvalue weighted by Gasteiger charge is 2.18. The Bertz CT molecular complexity index is 796. The summed E-state index contributed by atoms with van der Waals surface area (Å²) in [5, 5.41) is 17.7. The fourth-order valence-electron chi connectivity index (χ4n) is 1.68. The molecule has 0 amide bonds. The van der Waals surface area contributed by atoms with Gasteiger partial charge in [-0.25, -0.2) is 8.42 Å². The van der Waals surface area contributed by atoms with Crippen molar-refractivity contribution >= 4 is 27.3 Å². The van der Waals surface area contributed by atoms with E-state index in [-0.39, 0.29) is 22.1 Å². The summed E-state index contributed by atoms with van der Waals surface area (Å²) >= 11 is 5.90. The van der Waals surface area contributed by atoms with Crippen molar-refractivity contribution in [3.05, 3.63) is 58.6 Å². The Balaban J connectivity index is 2.31. The standard InChI is InChI=1S/C14H11ClN2O3S/c15-13-7-11(8-16)3-6-14(13)21(19,20)17-12-4-1-10(9-18)2-5-12/h1-7,17-18H,9H2. The van der Waals surface area contributed by atoms with Crippen LogP contribution >= 0.6 is 11.6 Å². The van der Waals surface area contributed by atoms with Crippen LogP contribution in [0.15, 0.2) is 47.4 Å². The summed E-state index contributed by atoms with van der Waals surface area (Å²) in [6, 6.07) is 12.2. The lowest BCUT2D eigenvalue weighted by Gasteiger charge is -2.10. The Morgan fingerprint density at radius 1 is 1.19 bits per heavy atom. The first-order valence-electron chi connectivity index (χ1n) is 5.88. The zero-order valence-electron chi connectivity index (χ0n) is 10.7. The molecule has 108 valence electrons. The Labute approximate surface area is 127 Å². The van der Waals surface area contributed by atoms with Gasteiger partial charge in [0.15, 0.2) is 0 Å². The van der Waals surface area contributed by atoms with Gasteiger partial charge in [0.05, 0.1) is 23.3 Å². The van der Waals surface area contributed by atoms with Crippen molar-refractivity contribution in [3.63, 3.8) is 0 Å². The number of sulfonamides is 1. The van der Waals surface area contributed by atoms with Crippen molar-refractivity contribution in [2.45, 2.75) is 11.5 Å². The largest absolute Gasteiger partial charge is 0.392 e. The Morgan fingerprint density at radius 3 is 2.38 bits per heavy atom. The van der Waals surface area contributed by atoms with Crippen LogP contribution in [-0.2, 0) is 16.6 Å². The summed E-state index contributed by atoms with van der Waals surface area (Å²) in [5.41, 5.74) is 1.31. The molecule has 2 aromatic rings. The fraction of sp³-hybridized carbons (Fsp3) is 0.0714. The summed E-state index contributed by atoms with van der Waals surface area (Å²) < 4.78 is 26.9. The number of nitriles is 1. The molecule has 0 saturated carbocycles. The molecule has 0 aliphatic carbocycles. The van der Waals surface area contributed by atoms with Crippen LogP contribution in [0.2, 0.25) is 5.02 Å². The third kappa shape index (κ3) is 3.52. The van der Waals surface area contributed by atoms with Crippen molar-refractivity contribution in [1.29, 1.82) is 5.26 Å². The molecule has 0 spiro atoms. The molecular formula is C14H11ClN2O3S. The lowest BCUT2D eigenvalue weighted by Crippen LogP contribution is -2.13. The molecule has 21 heavy (non-hydrogen) atoms. The third-order valence-corrected chi connectivity index (χ3v) is 4.60. The van der Waals surface area contributed by atoms with Gasteiger partial charge in [-0.2, -0.15) is 5.26 Å². The van der Waals surface area contributed by atoms with Gasteiger partial charge in [-0.3, -0.25) is 4.72 Å². The highest BCUT2D eigenvalue weighted by molar-refractivity contribution is 7.92. The summed E-state index contributed by atoms with van der Waals surface area (Å²) in [6.07, 6.45) is 0. The van der Waals surface area contributed by atoms with Crippen LogP contribution in [0.3, 0.4) is 0 Å². The van der Waals surface area contributed by atoms with Gasteiger partial charge in [0.25, 0.3) is 10.0 Å². The highest BCUT2D eigenvalue weighted by Crippen LogP contribution is 2.25. The number of hydrogen-bond acceptors (Lipinski definition) is 4. The van der Waals surface area contributed by atoms with E-state index in [1.54, 1.807) is 24.3 Å². The molecule has 0 aromatic heterocycles. The smallest absolute Gasteiger partial charge is 0.263 e. The molecule has 7 heteroatoms. The predicted octanol–water partition coefficient (Wildman–Crippen LogP) is 2.50. The fourth-order valence-corrected chi connectivity index (χ4v) is 3.28. The van der Waals surface area contributed by atoms with Gasteiger partial charge in [0, 0.05) is 5.69 Å². The van der Waals surface area contributed by atoms with Gasteiger partial charge in [-0.15, -0.1) is 0 Å². The van der Waals surface area contributed by atoms with Crippen molar-refractivity contribution < 1.29 is 13.5 Å². The van der Waals surface area contributed by atoms with Gasteiger partial charge in [-0.1, -0.05) is 23.7 Å². The molecule has 2 rings (SSSR count). The number of nitrogens with zero attached hydrogens (tertiary/aromatic N) is 1. The molecule has 5 nitrogen and oxygen atoms in total. The lowest BCUT2D eigenvalue weighted by molar-refractivity contribution is 0.282. The number of aliphatic hydroxyl groups excluding tert-OH is 1. The number of aliphatic hydroxyl groups is 1. The predicted molar refractivity (Wildman–Crippen MR) is 79.3 cm³/mol. The number of halogens is 1. The highest BCUT2D eigenvalue weighted by atomic mass is 35.5. The molecule has 0 radical (unpaired) electrons. The zero-order chi connectivity index (χ0) is 15.5.